The van der Waals surface area contributed by atoms with Gasteiger partial charge in [0.25, 0.3) is 0 Å². The number of rotatable bonds is 2. The van der Waals surface area contributed by atoms with Crippen LogP contribution < -0.4 is 0 Å². The van der Waals surface area contributed by atoms with Gasteiger partial charge in [0.15, 0.2) is 0 Å². The Labute approximate surface area is 141 Å². The Morgan fingerprint density at radius 2 is 2.08 bits per heavy atom. The van der Waals surface area contributed by atoms with Crippen LogP contribution in [0.15, 0.2) is 36.8 Å². The average Bonchev–Trinajstić information content (AvgIpc) is 3.33. The minimum Gasteiger partial charge on any atom is -0.344 e. The fourth-order valence-corrected chi connectivity index (χ4v) is 5.24. The van der Waals surface area contributed by atoms with Crippen LogP contribution in [0.5, 0.6) is 0 Å². The fourth-order valence-electron chi connectivity index (χ4n) is 5.24. The van der Waals surface area contributed by atoms with Crippen LogP contribution >= 0.6 is 0 Å². The van der Waals surface area contributed by atoms with E-state index in [0.717, 1.165) is 32.4 Å². The molecule has 2 aromatic heterocycles. The zero-order valence-electron chi connectivity index (χ0n) is 13.8. The van der Waals surface area contributed by atoms with Gasteiger partial charge in [-0.1, -0.05) is 0 Å². The van der Waals surface area contributed by atoms with E-state index in [0.29, 0.717) is 17.8 Å². The largest absolute Gasteiger partial charge is 0.344 e. The minimum atomic E-state index is -0.258. The molecule has 6 nitrogen and oxygen atoms in total. The molecule has 0 aliphatic carbocycles. The van der Waals surface area contributed by atoms with Gasteiger partial charge in [-0.25, -0.2) is 9.97 Å². The Hall–Kier alpha value is -2.21. The van der Waals surface area contributed by atoms with Crippen molar-refractivity contribution in [2.24, 2.45) is 5.92 Å². The van der Waals surface area contributed by atoms with E-state index in [1.54, 1.807) is 12.4 Å². The Bertz CT molecular complexity index is 788. The summed E-state index contributed by atoms with van der Waals surface area (Å²) in [6.07, 6.45) is 8.70. The maximum Gasteiger partial charge on any atom is 0.243 e. The molecule has 1 spiro atoms. The third-order valence-corrected chi connectivity index (χ3v) is 6.13. The molecule has 5 rings (SSSR count). The van der Waals surface area contributed by atoms with Gasteiger partial charge in [-0.15, -0.1) is 0 Å². The molecule has 3 saturated heterocycles. The number of hydrogen-bond donors (Lipinski definition) is 0. The van der Waals surface area contributed by atoms with E-state index in [1.165, 1.54) is 5.69 Å². The molecule has 1 amide bonds. The van der Waals surface area contributed by atoms with Crippen molar-refractivity contribution in [3.8, 4) is 5.95 Å². The zero-order valence-corrected chi connectivity index (χ0v) is 13.8. The number of nitrogens with zero attached hydrogens (tertiary/aromatic N) is 5. The molecule has 3 atom stereocenters. The quantitative estimate of drug-likeness (QED) is 0.843. The topological polar surface area (TPSA) is 54.3 Å². The first kappa shape index (κ1) is 14.2. The van der Waals surface area contributed by atoms with Crippen molar-refractivity contribution in [3.63, 3.8) is 0 Å². The van der Waals surface area contributed by atoms with Crippen LogP contribution in [-0.4, -0.2) is 55.9 Å². The lowest BCUT2D eigenvalue weighted by Crippen LogP contribution is -2.49. The van der Waals surface area contributed by atoms with E-state index in [4.69, 9.17) is 0 Å². The number of carbonyl (C=O) groups excluding carboxylic acids is 1. The van der Waals surface area contributed by atoms with Crippen molar-refractivity contribution in [2.75, 3.05) is 20.1 Å². The van der Waals surface area contributed by atoms with E-state index in [-0.39, 0.29) is 11.6 Å². The van der Waals surface area contributed by atoms with Crippen LogP contribution in [0.1, 0.15) is 31.0 Å². The number of amides is 1. The van der Waals surface area contributed by atoms with Crippen molar-refractivity contribution in [1.29, 1.82) is 0 Å². The summed E-state index contributed by atoms with van der Waals surface area (Å²) in [4.78, 5) is 26.1. The third kappa shape index (κ3) is 1.66. The van der Waals surface area contributed by atoms with Gasteiger partial charge in [-0.3, -0.25) is 14.3 Å². The highest BCUT2D eigenvalue weighted by atomic mass is 16.2. The number of carbonyl (C=O) groups is 1. The number of aromatic nitrogens is 3. The second kappa shape index (κ2) is 4.89. The smallest absolute Gasteiger partial charge is 0.243 e. The molecule has 124 valence electrons. The SMILES string of the molecule is CN1C[C@@H]2C[C@@H](c3cccn3-c3ncccn3)N3CCC[C@@]23C1=O. The Morgan fingerprint density at radius 3 is 2.92 bits per heavy atom. The molecule has 5 heterocycles. The number of likely N-dealkylation sites (N-methyl/N-ethyl adjacent to an activating group) is 1. The molecule has 24 heavy (non-hydrogen) atoms. The van der Waals surface area contributed by atoms with Gasteiger partial charge >= 0.3 is 0 Å². The molecule has 0 radical (unpaired) electrons. The van der Waals surface area contributed by atoms with Crippen molar-refractivity contribution >= 4 is 5.91 Å². The summed E-state index contributed by atoms with van der Waals surface area (Å²) in [5.74, 6) is 1.45. The van der Waals surface area contributed by atoms with Crippen LogP contribution in [0.4, 0.5) is 0 Å². The summed E-state index contributed by atoms with van der Waals surface area (Å²) >= 11 is 0. The van der Waals surface area contributed by atoms with Crippen LogP contribution in [-0.2, 0) is 4.79 Å². The molecule has 3 aliphatic rings. The maximum absolute atomic E-state index is 12.9. The molecule has 0 aromatic carbocycles. The standard InChI is InChI=1S/C18H21N5O/c1-21-12-13-11-15(23-10-3-6-18(13,23)16(21)24)14-5-2-9-22(14)17-19-7-4-8-20-17/h2,4-5,7-9,13,15H,3,6,10-12H2,1H3/t13-,15-,18-/m0/s1. The van der Waals surface area contributed by atoms with Crippen LogP contribution in [0.3, 0.4) is 0 Å². The predicted octanol–water partition coefficient (Wildman–Crippen LogP) is 1.63. The molecule has 0 saturated carbocycles. The Morgan fingerprint density at radius 1 is 1.25 bits per heavy atom. The predicted molar refractivity (Wildman–Crippen MR) is 88.5 cm³/mol. The number of hydrogen-bond acceptors (Lipinski definition) is 4. The van der Waals surface area contributed by atoms with E-state index < -0.39 is 0 Å². The lowest BCUT2D eigenvalue weighted by atomic mass is 9.85. The van der Waals surface area contributed by atoms with Crippen molar-refractivity contribution in [3.05, 3.63) is 42.5 Å². The summed E-state index contributed by atoms with van der Waals surface area (Å²) in [5, 5.41) is 0. The minimum absolute atomic E-state index is 0.258. The van der Waals surface area contributed by atoms with Gasteiger partial charge in [-0.05, 0) is 44.0 Å². The van der Waals surface area contributed by atoms with E-state index >= 15 is 0 Å². The van der Waals surface area contributed by atoms with Crippen molar-refractivity contribution in [2.45, 2.75) is 30.8 Å². The third-order valence-electron chi connectivity index (χ3n) is 6.13. The lowest BCUT2D eigenvalue weighted by molar-refractivity contribution is -0.135. The average molecular weight is 323 g/mol. The van der Waals surface area contributed by atoms with Crippen LogP contribution in [0.2, 0.25) is 0 Å². The lowest BCUT2D eigenvalue weighted by Gasteiger charge is -2.33. The first-order valence-corrected chi connectivity index (χ1v) is 8.69. The van der Waals surface area contributed by atoms with Gasteiger partial charge in [0.05, 0.1) is 6.04 Å². The normalized spacial score (nSPS) is 32.4. The Balaban J connectivity index is 1.57. The van der Waals surface area contributed by atoms with Gasteiger partial charge in [-0.2, -0.15) is 0 Å². The van der Waals surface area contributed by atoms with E-state index in [9.17, 15) is 4.79 Å². The van der Waals surface area contributed by atoms with E-state index in [2.05, 4.69) is 31.6 Å². The first-order valence-electron chi connectivity index (χ1n) is 8.69. The van der Waals surface area contributed by atoms with Gasteiger partial charge in [0.2, 0.25) is 11.9 Å². The summed E-state index contributed by atoms with van der Waals surface area (Å²) < 4.78 is 2.08. The molecule has 2 aromatic rings. The molecule has 3 fully saturated rings. The second-order valence-electron chi connectivity index (χ2n) is 7.21. The highest BCUT2D eigenvalue weighted by molar-refractivity contribution is 5.90. The first-order chi connectivity index (χ1) is 11.7. The summed E-state index contributed by atoms with van der Waals surface area (Å²) in [6, 6.07) is 6.31. The van der Waals surface area contributed by atoms with Crippen molar-refractivity contribution in [1.82, 2.24) is 24.3 Å². The molecule has 0 unspecified atom stereocenters. The van der Waals surface area contributed by atoms with Crippen LogP contribution in [0.25, 0.3) is 5.95 Å². The maximum atomic E-state index is 12.9. The Kier molecular flexibility index (Phi) is 2.89. The fraction of sp³-hybridized carbons (Fsp3) is 0.500. The van der Waals surface area contributed by atoms with Gasteiger partial charge in [0.1, 0.15) is 5.54 Å². The van der Waals surface area contributed by atoms with Crippen LogP contribution in [0, 0.1) is 5.92 Å². The van der Waals surface area contributed by atoms with Gasteiger partial charge in [0, 0.05) is 43.8 Å². The zero-order chi connectivity index (χ0) is 16.3. The highest BCUT2D eigenvalue weighted by Crippen LogP contribution is 2.55. The molecule has 0 N–H and O–H groups in total. The highest BCUT2D eigenvalue weighted by Gasteiger charge is 2.64. The van der Waals surface area contributed by atoms with Gasteiger partial charge < -0.3 is 4.90 Å². The van der Waals surface area contributed by atoms with Crippen molar-refractivity contribution < 1.29 is 4.79 Å². The molecule has 3 aliphatic heterocycles. The summed E-state index contributed by atoms with van der Waals surface area (Å²) in [5.41, 5.74) is 0.943. The summed E-state index contributed by atoms with van der Waals surface area (Å²) in [6.45, 7) is 1.88. The second-order valence-corrected chi connectivity index (χ2v) is 7.21. The monoisotopic (exact) mass is 323 g/mol. The molecular weight excluding hydrogens is 302 g/mol. The number of likely N-dealkylation sites (tertiary alicyclic amines) is 1. The molecule has 6 heteroatoms. The summed E-state index contributed by atoms with van der Waals surface area (Å²) in [7, 11) is 1.95. The van der Waals surface area contributed by atoms with E-state index in [1.807, 2.05) is 24.2 Å². The molecule has 0 bridgehead atoms. The molecular formula is C18H21N5O.